The molecule has 1 saturated carbocycles. The number of imidazole rings is 1. The van der Waals surface area contributed by atoms with Gasteiger partial charge >= 0.3 is 0 Å². The highest BCUT2D eigenvalue weighted by atomic mass is 16.5. The van der Waals surface area contributed by atoms with Crippen molar-refractivity contribution >= 4 is 0 Å². The molecular weight excluding hydrogens is 400 g/mol. The van der Waals surface area contributed by atoms with E-state index in [2.05, 4.69) is 62.6 Å². The summed E-state index contributed by atoms with van der Waals surface area (Å²) in [5.41, 5.74) is 2.98. The first-order valence-electron chi connectivity index (χ1n) is 11.6. The van der Waals surface area contributed by atoms with Gasteiger partial charge < -0.3 is 18.7 Å². The summed E-state index contributed by atoms with van der Waals surface area (Å²) in [7, 11) is 0. The third-order valence-corrected chi connectivity index (χ3v) is 7.05. The first-order valence-corrected chi connectivity index (χ1v) is 11.6. The van der Waals surface area contributed by atoms with E-state index in [0.717, 1.165) is 65.8 Å². The molecule has 1 unspecified atom stereocenters. The summed E-state index contributed by atoms with van der Waals surface area (Å²) >= 11 is 0. The summed E-state index contributed by atoms with van der Waals surface area (Å²) < 4.78 is 13.0. The van der Waals surface area contributed by atoms with Crippen molar-refractivity contribution in [3.05, 3.63) is 59.8 Å². The molecular formula is C26H28N4O2. The van der Waals surface area contributed by atoms with Gasteiger partial charge in [0.2, 0.25) is 0 Å². The lowest BCUT2D eigenvalue weighted by atomic mass is 10.1. The summed E-state index contributed by atoms with van der Waals surface area (Å²) in [6, 6.07) is 10.3. The van der Waals surface area contributed by atoms with Crippen molar-refractivity contribution in [1.82, 2.24) is 19.6 Å². The Bertz CT molecular complexity index is 1140. The molecule has 164 valence electrons. The van der Waals surface area contributed by atoms with Gasteiger partial charge in [-0.15, -0.1) is 0 Å². The van der Waals surface area contributed by atoms with E-state index in [4.69, 9.17) is 9.26 Å². The molecule has 0 radical (unpaired) electrons. The summed E-state index contributed by atoms with van der Waals surface area (Å²) in [6.07, 6.45) is 4.71. The number of benzene rings is 1. The topological polar surface area (TPSA) is 56.3 Å². The molecule has 3 aliphatic rings. The Morgan fingerprint density at radius 2 is 1.94 bits per heavy atom. The molecule has 2 aliphatic heterocycles. The van der Waals surface area contributed by atoms with E-state index in [1.165, 1.54) is 19.6 Å². The van der Waals surface area contributed by atoms with Gasteiger partial charge in [-0.3, -0.25) is 0 Å². The van der Waals surface area contributed by atoms with Gasteiger partial charge in [0.1, 0.15) is 11.5 Å². The number of nitrogens with zero attached hydrogens (tertiary/aromatic N) is 4. The molecule has 3 aromatic rings. The molecule has 4 heterocycles. The van der Waals surface area contributed by atoms with E-state index in [0.29, 0.717) is 12.5 Å². The molecule has 3 fully saturated rings. The summed E-state index contributed by atoms with van der Waals surface area (Å²) in [5.74, 6) is 11.7. The second kappa shape index (κ2) is 8.23. The number of piperidine rings is 1. The zero-order chi connectivity index (χ0) is 21.5. The highest BCUT2D eigenvalue weighted by Gasteiger charge is 2.55. The van der Waals surface area contributed by atoms with Gasteiger partial charge in [-0.1, -0.05) is 23.9 Å². The number of ether oxygens (including phenoxy) is 1. The number of aryl methyl sites for hydroxylation is 1. The molecule has 32 heavy (non-hydrogen) atoms. The van der Waals surface area contributed by atoms with E-state index in [9.17, 15) is 0 Å². The smallest absolute Gasteiger partial charge is 0.167 e. The van der Waals surface area contributed by atoms with Crippen LogP contribution in [-0.4, -0.2) is 52.5 Å². The van der Waals surface area contributed by atoms with Crippen LogP contribution in [0.5, 0.6) is 0 Å². The van der Waals surface area contributed by atoms with Crippen LogP contribution in [0.15, 0.2) is 47.2 Å². The average molecular weight is 429 g/mol. The second-order valence-corrected chi connectivity index (χ2v) is 9.33. The highest BCUT2D eigenvalue weighted by Crippen LogP contribution is 2.51. The van der Waals surface area contributed by atoms with Crippen molar-refractivity contribution in [2.45, 2.75) is 19.9 Å². The van der Waals surface area contributed by atoms with Crippen molar-refractivity contribution < 1.29 is 9.26 Å². The van der Waals surface area contributed by atoms with Crippen LogP contribution in [0.3, 0.4) is 0 Å². The van der Waals surface area contributed by atoms with E-state index in [1.807, 2.05) is 18.5 Å². The minimum Gasteiger partial charge on any atom is -0.381 e. The van der Waals surface area contributed by atoms with Gasteiger partial charge in [-0.2, -0.15) is 0 Å². The van der Waals surface area contributed by atoms with Crippen LogP contribution in [-0.2, 0) is 17.7 Å². The summed E-state index contributed by atoms with van der Waals surface area (Å²) in [4.78, 5) is 6.97. The Labute approximate surface area is 188 Å². The Morgan fingerprint density at radius 1 is 1.12 bits per heavy atom. The zero-order valence-electron chi connectivity index (χ0n) is 18.4. The maximum Gasteiger partial charge on any atom is 0.167 e. The Morgan fingerprint density at radius 3 is 2.66 bits per heavy atom. The van der Waals surface area contributed by atoms with E-state index < -0.39 is 0 Å². The fourth-order valence-electron chi connectivity index (χ4n) is 5.11. The lowest BCUT2D eigenvalue weighted by Gasteiger charge is -2.31. The van der Waals surface area contributed by atoms with Gasteiger partial charge in [0.25, 0.3) is 0 Å². The van der Waals surface area contributed by atoms with Gasteiger partial charge in [0.05, 0.1) is 19.8 Å². The van der Waals surface area contributed by atoms with Crippen LogP contribution in [0.2, 0.25) is 0 Å². The van der Waals surface area contributed by atoms with Crippen LogP contribution >= 0.6 is 0 Å². The summed E-state index contributed by atoms with van der Waals surface area (Å²) in [5, 5.41) is 4.24. The molecule has 2 saturated heterocycles. The molecule has 6 nitrogen and oxygen atoms in total. The Balaban J connectivity index is 1.05. The molecule has 0 bridgehead atoms. The third kappa shape index (κ3) is 3.87. The van der Waals surface area contributed by atoms with Gasteiger partial charge in [-0.05, 0) is 36.1 Å². The third-order valence-electron chi connectivity index (χ3n) is 7.05. The lowest BCUT2D eigenvalue weighted by molar-refractivity contribution is -0.0453. The van der Waals surface area contributed by atoms with Crippen molar-refractivity contribution in [2.75, 3.05) is 32.8 Å². The fourth-order valence-corrected chi connectivity index (χ4v) is 5.11. The van der Waals surface area contributed by atoms with Crippen LogP contribution in [0.25, 0.3) is 11.3 Å². The van der Waals surface area contributed by atoms with Crippen LogP contribution in [0.4, 0.5) is 0 Å². The molecule has 2 aromatic heterocycles. The minimum atomic E-state index is 0.580. The van der Waals surface area contributed by atoms with E-state index >= 15 is 0 Å². The first kappa shape index (κ1) is 19.8. The Kier molecular flexibility index (Phi) is 5.09. The molecule has 0 amide bonds. The monoisotopic (exact) mass is 428 g/mol. The maximum absolute atomic E-state index is 5.59. The maximum atomic E-state index is 5.59. The van der Waals surface area contributed by atoms with Crippen LogP contribution < -0.4 is 0 Å². The van der Waals surface area contributed by atoms with Crippen molar-refractivity contribution in [1.29, 1.82) is 0 Å². The lowest BCUT2D eigenvalue weighted by Crippen LogP contribution is -2.39. The largest absolute Gasteiger partial charge is 0.381 e. The van der Waals surface area contributed by atoms with Crippen LogP contribution in [0, 0.1) is 35.5 Å². The number of rotatable bonds is 6. The molecule has 3 atom stereocenters. The quantitative estimate of drug-likeness (QED) is 0.564. The predicted molar refractivity (Wildman–Crippen MR) is 121 cm³/mol. The number of likely N-dealkylation sites (tertiary alicyclic amines) is 1. The predicted octanol–water partition coefficient (Wildman–Crippen LogP) is 3.32. The minimum absolute atomic E-state index is 0.580. The summed E-state index contributed by atoms with van der Waals surface area (Å²) in [6.45, 7) is 8.31. The van der Waals surface area contributed by atoms with Gasteiger partial charge in [-0.25, -0.2) is 4.98 Å². The molecule has 6 heteroatoms. The number of hydrogen-bond acceptors (Lipinski definition) is 5. The van der Waals surface area contributed by atoms with E-state index in [-0.39, 0.29) is 0 Å². The fraction of sp³-hybridized carbons (Fsp3) is 0.462. The van der Waals surface area contributed by atoms with E-state index in [1.54, 1.807) is 0 Å². The highest BCUT2D eigenvalue weighted by molar-refractivity contribution is 5.59. The molecule has 1 aromatic carbocycles. The molecule has 6 rings (SSSR count). The number of hydrogen-bond donors (Lipinski definition) is 0. The second-order valence-electron chi connectivity index (χ2n) is 9.33. The first-order chi connectivity index (χ1) is 15.8. The average Bonchev–Trinajstić information content (AvgIpc) is 3.26. The standard InChI is InChI=1S/C26H28N4O2/c1-2-26-27-9-10-30(26)13-21-11-25(32-28-21)20-6-3-18(4-7-20)5-8-22-23-14-29(15-24(22)23)12-19-16-31-17-19/h3-4,6-7,9-11,19,22-24H,2,12-17H2,1H3/t22?,23-,24+. The van der Waals surface area contributed by atoms with Crippen LogP contribution in [0.1, 0.15) is 24.0 Å². The van der Waals surface area contributed by atoms with Gasteiger partial charge in [0, 0.05) is 67.5 Å². The molecule has 0 spiro atoms. The Hall–Kier alpha value is -2.88. The van der Waals surface area contributed by atoms with Crippen molar-refractivity contribution in [3.63, 3.8) is 0 Å². The molecule has 0 N–H and O–H groups in total. The zero-order valence-corrected chi connectivity index (χ0v) is 18.4. The van der Waals surface area contributed by atoms with Crippen molar-refractivity contribution in [2.24, 2.45) is 23.7 Å². The SMILES string of the molecule is CCc1nccn1Cc1cc(-c2ccc(C#CC3[C@H]4CN(CC5COC5)C[C@@H]34)cc2)on1. The molecule has 1 aliphatic carbocycles. The van der Waals surface area contributed by atoms with Crippen molar-refractivity contribution in [3.8, 4) is 23.2 Å². The van der Waals surface area contributed by atoms with Gasteiger partial charge in [0.15, 0.2) is 5.76 Å². The number of aromatic nitrogens is 3. The normalized spacial score (nSPS) is 24.6. The number of fused-ring (bicyclic) bond motifs is 1.